The normalized spacial score (nSPS) is 10.2. The highest BCUT2D eigenvalue weighted by atomic mass is 16.5. The number of phenols is 1. The zero-order chi connectivity index (χ0) is 15.9. The number of carbonyl (C=O) groups is 2. The quantitative estimate of drug-likeness (QED) is 0.504. The third kappa shape index (κ3) is 3.85. The molecule has 0 fully saturated rings. The Labute approximate surface area is 127 Å². The molecule has 0 unspecified atom stereocenters. The molecule has 0 atom stereocenters. The van der Waals surface area contributed by atoms with Gasteiger partial charge in [-0.2, -0.15) is 0 Å². The minimum Gasteiger partial charge on any atom is -0.507 e. The number of hydrogen-bond acceptors (Lipinski definition) is 5. The summed E-state index contributed by atoms with van der Waals surface area (Å²) < 4.78 is 9.82. The first kappa shape index (κ1) is 15.6. The van der Waals surface area contributed by atoms with Gasteiger partial charge in [0.15, 0.2) is 0 Å². The Bertz CT molecular complexity index is 705. The van der Waals surface area contributed by atoms with Crippen molar-refractivity contribution >= 4 is 22.7 Å². The summed E-state index contributed by atoms with van der Waals surface area (Å²) in [6, 6.07) is 10.5. The van der Waals surface area contributed by atoms with Crippen molar-refractivity contribution in [2.24, 2.45) is 0 Å². The van der Waals surface area contributed by atoms with E-state index in [0.717, 1.165) is 16.8 Å². The molecule has 0 aliphatic rings. The lowest BCUT2D eigenvalue weighted by Crippen LogP contribution is -2.10. The van der Waals surface area contributed by atoms with Gasteiger partial charge in [0.05, 0.1) is 13.2 Å². The van der Waals surface area contributed by atoms with Crippen LogP contribution in [0.1, 0.15) is 16.8 Å². The minimum absolute atomic E-state index is 0.0928. The summed E-state index contributed by atoms with van der Waals surface area (Å²) >= 11 is 0. The van der Waals surface area contributed by atoms with Crippen LogP contribution in [0.15, 0.2) is 49.1 Å². The van der Waals surface area contributed by atoms with Crippen LogP contribution in [0.4, 0.5) is 0 Å². The molecule has 114 valence electrons. The maximum Gasteiger partial charge on any atom is 0.341 e. The summed E-state index contributed by atoms with van der Waals surface area (Å²) in [6.45, 7) is 3.51. The van der Waals surface area contributed by atoms with Gasteiger partial charge < -0.3 is 14.6 Å². The fourth-order valence-electron chi connectivity index (χ4n) is 1.93. The molecule has 0 heterocycles. The molecule has 0 bridgehead atoms. The Morgan fingerprint density at radius 2 is 1.73 bits per heavy atom. The first-order chi connectivity index (χ1) is 10.6. The third-order valence-corrected chi connectivity index (χ3v) is 3.02. The number of hydrogen-bond donors (Lipinski definition) is 1. The van der Waals surface area contributed by atoms with Gasteiger partial charge in [0.1, 0.15) is 11.3 Å². The molecular weight excluding hydrogens is 284 g/mol. The smallest absolute Gasteiger partial charge is 0.341 e. The highest BCUT2D eigenvalue weighted by molar-refractivity contribution is 5.98. The summed E-state index contributed by atoms with van der Waals surface area (Å²) in [5, 5.41) is 11.6. The van der Waals surface area contributed by atoms with E-state index in [1.807, 2.05) is 24.3 Å². The number of esters is 2. The third-order valence-electron chi connectivity index (χ3n) is 3.02. The number of rotatable bonds is 6. The van der Waals surface area contributed by atoms with Crippen molar-refractivity contribution in [3.8, 4) is 5.75 Å². The van der Waals surface area contributed by atoms with Crippen LogP contribution < -0.4 is 0 Å². The van der Waals surface area contributed by atoms with Crippen molar-refractivity contribution in [2.75, 3.05) is 13.2 Å². The van der Waals surface area contributed by atoms with E-state index in [0.29, 0.717) is 6.42 Å². The molecule has 0 aromatic heterocycles. The van der Waals surface area contributed by atoms with Crippen molar-refractivity contribution in [1.29, 1.82) is 0 Å². The Hall–Kier alpha value is -2.82. The number of ether oxygens (including phenoxy) is 2. The predicted octanol–water partition coefficient (Wildman–Crippen LogP) is 2.82. The van der Waals surface area contributed by atoms with Crippen molar-refractivity contribution < 1.29 is 24.2 Å². The summed E-state index contributed by atoms with van der Waals surface area (Å²) in [7, 11) is 0. The fourth-order valence-corrected chi connectivity index (χ4v) is 1.93. The van der Waals surface area contributed by atoms with Crippen LogP contribution in [0.5, 0.6) is 5.75 Å². The predicted molar refractivity (Wildman–Crippen MR) is 81.7 cm³/mol. The molecule has 1 N–H and O–H groups in total. The number of phenolic OH excluding ortho intramolecular Hbond substituents is 1. The lowest BCUT2D eigenvalue weighted by Gasteiger charge is -2.08. The van der Waals surface area contributed by atoms with E-state index >= 15 is 0 Å². The van der Waals surface area contributed by atoms with Gasteiger partial charge in [0.25, 0.3) is 0 Å². The SMILES string of the molecule is C=CC(=O)OCCCOC(=O)c1cc2ccccc2cc1O. The maximum atomic E-state index is 12.0. The van der Waals surface area contributed by atoms with Crippen LogP contribution in [0.2, 0.25) is 0 Å². The van der Waals surface area contributed by atoms with Crippen LogP contribution in [0, 0.1) is 0 Å². The lowest BCUT2D eigenvalue weighted by atomic mass is 10.1. The van der Waals surface area contributed by atoms with Gasteiger partial charge in [-0.3, -0.25) is 0 Å². The van der Waals surface area contributed by atoms with Crippen molar-refractivity contribution in [3.05, 3.63) is 54.6 Å². The van der Waals surface area contributed by atoms with E-state index in [9.17, 15) is 14.7 Å². The Kier molecular flexibility index (Phi) is 5.14. The van der Waals surface area contributed by atoms with Gasteiger partial charge in [0, 0.05) is 12.5 Å². The molecule has 0 aliphatic carbocycles. The summed E-state index contributed by atoms with van der Waals surface area (Å²) in [5.41, 5.74) is 0.113. The molecule has 2 aromatic rings. The summed E-state index contributed by atoms with van der Waals surface area (Å²) in [5.74, 6) is -1.25. The highest BCUT2D eigenvalue weighted by Crippen LogP contribution is 2.25. The second-order valence-electron chi connectivity index (χ2n) is 4.58. The van der Waals surface area contributed by atoms with E-state index < -0.39 is 11.9 Å². The topological polar surface area (TPSA) is 72.8 Å². The maximum absolute atomic E-state index is 12.0. The first-order valence-corrected chi connectivity index (χ1v) is 6.80. The zero-order valence-corrected chi connectivity index (χ0v) is 12.0. The number of carbonyl (C=O) groups excluding carboxylic acids is 2. The van der Waals surface area contributed by atoms with E-state index in [-0.39, 0.29) is 24.5 Å². The highest BCUT2D eigenvalue weighted by Gasteiger charge is 2.13. The van der Waals surface area contributed by atoms with Gasteiger partial charge in [-0.25, -0.2) is 9.59 Å². The molecule has 2 aromatic carbocycles. The molecule has 0 aliphatic heterocycles. The number of aromatic hydroxyl groups is 1. The van der Waals surface area contributed by atoms with Gasteiger partial charge >= 0.3 is 11.9 Å². The monoisotopic (exact) mass is 300 g/mol. The van der Waals surface area contributed by atoms with Crippen LogP contribution >= 0.6 is 0 Å². The first-order valence-electron chi connectivity index (χ1n) is 6.80. The van der Waals surface area contributed by atoms with E-state index in [4.69, 9.17) is 9.47 Å². The van der Waals surface area contributed by atoms with Crippen molar-refractivity contribution in [3.63, 3.8) is 0 Å². The average Bonchev–Trinajstić information content (AvgIpc) is 2.53. The Balaban J connectivity index is 1.93. The fraction of sp³-hybridized carbons (Fsp3) is 0.176. The number of benzene rings is 2. The molecule has 0 saturated carbocycles. The van der Waals surface area contributed by atoms with Crippen LogP contribution in [-0.2, 0) is 14.3 Å². The molecular formula is C17H16O5. The molecule has 22 heavy (non-hydrogen) atoms. The van der Waals surface area contributed by atoms with Gasteiger partial charge in [0.2, 0.25) is 0 Å². The largest absolute Gasteiger partial charge is 0.507 e. The molecule has 5 heteroatoms. The van der Waals surface area contributed by atoms with Gasteiger partial charge in [-0.15, -0.1) is 0 Å². The molecule has 2 rings (SSSR count). The van der Waals surface area contributed by atoms with Crippen molar-refractivity contribution in [2.45, 2.75) is 6.42 Å². The van der Waals surface area contributed by atoms with E-state index in [1.165, 1.54) is 6.07 Å². The average molecular weight is 300 g/mol. The summed E-state index contributed by atoms with van der Waals surface area (Å²) in [6.07, 6.45) is 1.44. The Morgan fingerprint density at radius 3 is 2.41 bits per heavy atom. The molecule has 0 amide bonds. The second-order valence-corrected chi connectivity index (χ2v) is 4.58. The van der Waals surface area contributed by atoms with Crippen LogP contribution in [-0.4, -0.2) is 30.3 Å². The standard InChI is InChI=1S/C17H16O5/c1-2-16(19)21-8-5-9-22-17(20)14-10-12-6-3-4-7-13(12)11-15(14)18/h2-4,6-7,10-11,18H,1,5,8-9H2. The zero-order valence-electron chi connectivity index (χ0n) is 12.0. The summed E-state index contributed by atoms with van der Waals surface area (Å²) in [4.78, 5) is 22.8. The number of fused-ring (bicyclic) bond motifs is 1. The van der Waals surface area contributed by atoms with Crippen molar-refractivity contribution in [1.82, 2.24) is 0 Å². The molecule has 5 nitrogen and oxygen atoms in total. The minimum atomic E-state index is -0.613. The molecule has 0 saturated heterocycles. The van der Waals surface area contributed by atoms with Crippen LogP contribution in [0.3, 0.4) is 0 Å². The van der Waals surface area contributed by atoms with Gasteiger partial charge in [-0.05, 0) is 22.9 Å². The molecule has 0 spiro atoms. The van der Waals surface area contributed by atoms with E-state index in [1.54, 1.807) is 6.07 Å². The van der Waals surface area contributed by atoms with Crippen LogP contribution in [0.25, 0.3) is 10.8 Å². The van der Waals surface area contributed by atoms with E-state index in [2.05, 4.69) is 6.58 Å². The molecule has 0 radical (unpaired) electrons. The lowest BCUT2D eigenvalue weighted by molar-refractivity contribution is -0.137. The second kappa shape index (κ2) is 7.26. The Morgan fingerprint density at radius 1 is 1.09 bits per heavy atom. The van der Waals surface area contributed by atoms with Gasteiger partial charge in [-0.1, -0.05) is 30.8 Å².